The fourth-order valence-corrected chi connectivity index (χ4v) is 1.84. The van der Waals surface area contributed by atoms with Crippen LogP contribution in [0.25, 0.3) is 11.0 Å². The Morgan fingerprint density at radius 2 is 1.83 bits per heavy atom. The minimum Gasteiger partial charge on any atom is -0.235 e. The smallest absolute Gasteiger partial charge is 0.118 e. The monoisotopic (exact) mass is 255 g/mol. The molecule has 0 radical (unpaired) electrons. The molecule has 0 fully saturated rings. The standard InChI is InChI=1S/C14H10ClN3/c15-12-7-5-11(6-8-12)9-17-18-10-16-13-3-1-2-4-14(13)18/h1-10H/b17-9-. The summed E-state index contributed by atoms with van der Waals surface area (Å²) in [6.45, 7) is 0. The molecule has 0 bridgehead atoms. The van der Waals surface area contributed by atoms with E-state index in [1.807, 2.05) is 48.5 Å². The van der Waals surface area contributed by atoms with E-state index in [1.165, 1.54) is 0 Å². The van der Waals surface area contributed by atoms with Crippen LogP contribution >= 0.6 is 11.6 Å². The minimum absolute atomic E-state index is 0.722. The van der Waals surface area contributed by atoms with Gasteiger partial charge in [-0.1, -0.05) is 35.9 Å². The molecule has 0 saturated carbocycles. The first-order chi connectivity index (χ1) is 8.83. The van der Waals surface area contributed by atoms with E-state index in [-0.39, 0.29) is 0 Å². The topological polar surface area (TPSA) is 30.2 Å². The van der Waals surface area contributed by atoms with E-state index >= 15 is 0 Å². The molecule has 0 aliphatic carbocycles. The van der Waals surface area contributed by atoms with Crippen LogP contribution in [0, 0.1) is 0 Å². The number of imidazole rings is 1. The van der Waals surface area contributed by atoms with Crippen molar-refractivity contribution in [3.05, 3.63) is 65.4 Å². The maximum absolute atomic E-state index is 5.83. The Hall–Kier alpha value is -2.13. The lowest BCUT2D eigenvalue weighted by atomic mass is 10.2. The van der Waals surface area contributed by atoms with Gasteiger partial charge in [-0.2, -0.15) is 5.10 Å². The Bertz CT molecular complexity index is 698. The highest BCUT2D eigenvalue weighted by molar-refractivity contribution is 6.30. The molecule has 0 spiro atoms. The van der Waals surface area contributed by atoms with Gasteiger partial charge >= 0.3 is 0 Å². The molecule has 0 N–H and O–H groups in total. The van der Waals surface area contributed by atoms with Gasteiger partial charge in [0.1, 0.15) is 6.33 Å². The number of hydrogen-bond acceptors (Lipinski definition) is 2. The summed E-state index contributed by atoms with van der Waals surface area (Å²) in [6, 6.07) is 15.4. The average Bonchev–Trinajstić information content (AvgIpc) is 2.82. The first kappa shape index (κ1) is 11.0. The highest BCUT2D eigenvalue weighted by Gasteiger charge is 1.98. The van der Waals surface area contributed by atoms with Gasteiger partial charge in [-0.3, -0.25) is 0 Å². The number of nitrogens with zero attached hydrogens (tertiary/aromatic N) is 3. The third-order valence-corrected chi connectivity index (χ3v) is 2.89. The molecule has 1 heterocycles. The van der Waals surface area contributed by atoms with Gasteiger partial charge in [-0.05, 0) is 29.8 Å². The lowest BCUT2D eigenvalue weighted by Crippen LogP contribution is -1.88. The predicted molar refractivity (Wildman–Crippen MR) is 74.2 cm³/mol. The van der Waals surface area contributed by atoms with Crippen molar-refractivity contribution in [2.24, 2.45) is 5.10 Å². The normalized spacial score (nSPS) is 11.4. The number of para-hydroxylation sites is 2. The largest absolute Gasteiger partial charge is 0.235 e. The Kier molecular flexibility index (Phi) is 2.82. The van der Waals surface area contributed by atoms with E-state index in [2.05, 4.69) is 10.1 Å². The van der Waals surface area contributed by atoms with Crippen LogP contribution in [0.4, 0.5) is 0 Å². The first-order valence-corrected chi connectivity index (χ1v) is 5.93. The zero-order chi connectivity index (χ0) is 12.4. The molecule has 0 amide bonds. The number of aromatic nitrogens is 2. The van der Waals surface area contributed by atoms with Crippen LogP contribution in [-0.4, -0.2) is 15.9 Å². The van der Waals surface area contributed by atoms with Crippen molar-refractivity contribution >= 4 is 28.8 Å². The first-order valence-electron chi connectivity index (χ1n) is 5.55. The molecule has 1 aromatic heterocycles. The number of benzene rings is 2. The molecule has 0 aliphatic rings. The second kappa shape index (κ2) is 4.63. The fourth-order valence-electron chi connectivity index (χ4n) is 1.72. The highest BCUT2D eigenvalue weighted by Crippen LogP contribution is 2.12. The lowest BCUT2D eigenvalue weighted by molar-refractivity contribution is 0.914. The number of fused-ring (bicyclic) bond motifs is 1. The average molecular weight is 256 g/mol. The number of hydrogen-bond donors (Lipinski definition) is 0. The summed E-state index contributed by atoms with van der Waals surface area (Å²) in [4.78, 5) is 4.27. The fraction of sp³-hybridized carbons (Fsp3) is 0. The van der Waals surface area contributed by atoms with Crippen LogP contribution in [0.5, 0.6) is 0 Å². The SMILES string of the molecule is Clc1ccc(/C=N\n2cnc3ccccc32)cc1. The van der Waals surface area contributed by atoms with E-state index in [1.54, 1.807) is 17.2 Å². The summed E-state index contributed by atoms with van der Waals surface area (Å²) in [5.41, 5.74) is 2.92. The van der Waals surface area contributed by atoms with Crippen molar-refractivity contribution in [1.29, 1.82) is 0 Å². The molecule has 3 rings (SSSR count). The van der Waals surface area contributed by atoms with Gasteiger partial charge < -0.3 is 0 Å². The summed E-state index contributed by atoms with van der Waals surface area (Å²) >= 11 is 5.83. The molecule has 0 aliphatic heterocycles. The zero-order valence-electron chi connectivity index (χ0n) is 9.49. The van der Waals surface area contributed by atoms with Gasteiger partial charge in [0.2, 0.25) is 0 Å². The van der Waals surface area contributed by atoms with Crippen LogP contribution in [0.1, 0.15) is 5.56 Å². The van der Waals surface area contributed by atoms with Gasteiger partial charge in [0.25, 0.3) is 0 Å². The molecule has 0 atom stereocenters. The Morgan fingerprint density at radius 1 is 1.06 bits per heavy atom. The third kappa shape index (κ3) is 2.13. The molecule has 0 saturated heterocycles. The maximum Gasteiger partial charge on any atom is 0.118 e. The molecule has 3 aromatic rings. The van der Waals surface area contributed by atoms with Crippen LogP contribution in [0.2, 0.25) is 5.02 Å². The molecular formula is C14H10ClN3. The van der Waals surface area contributed by atoms with E-state index in [0.29, 0.717) is 0 Å². The van der Waals surface area contributed by atoms with Crippen LogP contribution in [0.15, 0.2) is 60.0 Å². The van der Waals surface area contributed by atoms with E-state index in [9.17, 15) is 0 Å². The third-order valence-electron chi connectivity index (χ3n) is 2.64. The van der Waals surface area contributed by atoms with Crippen molar-refractivity contribution in [3.63, 3.8) is 0 Å². The lowest BCUT2D eigenvalue weighted by Gasteiger charge is -1.96. The van der Waals surface area contributed by atoms with Crippen molar-refractivity contribution in [2.75, 3.05) is 0 Å². The Morgan fingerprint density at radius 3 is 2.67 bits per heavy atom. The summed E-state index contributed by atoms with van der Waals surface area (Å²) in [7, 11) is 0. The van der Waals surface area contributed by atoms with Gasteiger partial charge in [-0.25, -0.2) is 9.66 Å². The molecule has 88 valence electrons. The van der Waals surface area contributed by atoms with Crippen molar-refractivity contribution in [2.45, 2.75) is 0 Å². The van der Waals surface area contributed by atoms with Crippen molar-refractivity contribution in [3.8, 4) is 0 Å². The summed E-state index contributed by atoms with van der Waals surface area (Å²) in [5.74, 6) is 0. The Balaban J connectivity index is 1.94. The molecule has 3 nitrogen and oxygen atoms in total. The van der Waals surface area contributed by atoms with Crippen molar-refractivity contribution in [1.82, 2.24) is 9.66 Å². The second-order valence-corrected chi connectivity index (χ2v) is 4.31. The number of rotatable bonds is 2. The van der Waals surface area contributed by atoms with Gasteiger partial charge in [0.05, 0.1) is 17.2 Å². The summed E-state index contributed by atoms with van der Waals surface area (Å²) < 4.78 is 1.75. The zero-order valence-corrected chi connectivity index (χ0v) is 10.2. The number of halogens is 1. The molecule has 2 aromatic carbocycles. The maximum atomic E-state index is 5.83. The second-order valence-electron chi connectivity index (χ2n) is 3.87. The molecule has 0 unspecified atom stereocenters. The Labute approximate surface area is 109 Å². The quantitative estimate of drug-likeness (QED) is 0.644. The highest BCUT2D eigenvalue weighted by atomic mass is 35.5. The summed E-state index contributed by atoms with van der Waals surface area (Å²) in [5, 5.41) is 5.10. The van der Waals surface area contributed by atoms with Gasteiger partial charge in [-0.15, -0.1) is 0 Å². The molecule has 18 heavy (non-hydrogen) atoms. The van der Waals surface area contributed by atoms with E-state index < -0.39 is 0 Å². The van der Waals surface area contributed by atoms with E-state index in [0.717, 1.165) is 21.6 Å². The van der Waals surface area contributed by atoms with E-state index in [4.69, 9.17) is 11.6 Å². The summed E-state index contributed by atoms with van der Waals surface area (Å²) in [6.07, 6.45) is 3.49. The predicted octanol–water partition coefficient (Wildman–Crippen LogP) is 3.57. The van der Waals surface area contributed by atoms with Gasteiger partial charge in [0.15, 0.2) is 0 Å². The minimum atomic E-state index is 0.722. The van der Waals surface area contributed by atoms with Crippen LogP contribution in [0.3, 0.4) is 0 Å². The molecular weight excluding hydrogens is 246 g/mol. The van der Waals surface area contributed by atoms with Gasteiger partial charge in [0, 0.05) is 5.02 Å². The molecule has 4 heteroatoms. The van der Waals surface area contributed by atoms with Crippen molar-refractivity contribution < 1.29 is 0 Å². The van der Waals surface area contributed by atoms with Crippen LogP contribution < -0.4 is 0 Å². The van der Waals surface area contributed by atoms with Crippen LogP contribution in [-0.2, 0) is 0 Å².